The van der Waals surface area contributed by atoms with Crippen LogP contribution in [0.5, 0.6) is 0 Å². The molecule has 304 valence electrons. The number of benzene rings is 3. The van der Waals surface area contributed by atoms with E-state index in [1.54, 1.807) is 32.8 Å². The molecule has 0 atom stereocenters. The molecule has 3 aromatic carbocycles. The van der Waals surface area contributed by atoms with Crippen molar-refractivity contribution >= 4 is 63.0 Å². The molecule has 0 bridgehead atoms. The first-order valence-electron chi connectivity index (χ1n) is 17.6. The van der Waals surface area contributed by atoms with Gasteiger partial charge in [0.15, 0.2) is 0 Å². The van der Waals surface area contributed by atoms with Crippen LogP contribution < -0.4 is 15.4 Å². The van der Waals surface area contributed by atoms with E-state index in [0.29, 0.717) is 18.4 Å². The molecule has 0 aliphatic heterocycles. The normalized spacial score (nSPS) is 11.4. The molecule has 0 saturated carbocycles. The van der Waals surface area contributed by atoms with Gasteiger partial charge in [0.2, 0.25) is 13.6 Å². The fourth-order valence-electron chi connectivity index (χ4n) is 5.64. The monoisotopic (exact) mass is 832 g/mol. The quantitative estimate of drug-likeness (QED) is 0.0178. The molecule has 22 heteroatoms. The lowest BCUT2D eigenvalue weighted by Gasteiger charge is -2.05. The number of H-pyrrole nitrogens is 2. The van der Waals surface area contributed by atoms with Gasteiger partial charge in [-0.05, 0) is 96.8 Å². The van der Waals surface area contributed by atoms with Gasteiger partial charge in [0.1, 0.15) is 34.0 Å². The SMILES string of the molecule is COCOn1ncc2cc(CC/C(N)=N/O)ccc21.COCOn1ncc2cc(CCc3nc(=S)o[nH]3)ccc21.On1ncc2cc(CCc3nc(=S)o[nH]3)ccc21. The van der Waals surface area contributed by atoms with Crippen molar-refractivity contribution in [3.05, 3.63) is 111 Å². The molecular formula is C36H40N12O8S2. The zero-order valence-corrected chi connectivity index (χ0v) is 33.0. The Balaban J connectivity index is 0.000000147. The van der Waals surface area contributed by atoms with Crippen LogP contribution >= 0.6 is 24.4 Å². The van der Waals surface area contributed by atoms with E-state index >= 15 is 0 Å². The number of hydrogen-bond acceptors (Lipinski definition) is 16. The number of rotatable bonds is 15. The van der Waals surface area contributed by atoms with Crippen LogP contribution in [0, 0.1) is 9.67 Å². The number of nitrogens with one attached hydrogen (secondary N) is 2. The summed E-state index contributed by atoms with van der Waals surface area (Å²) in [6.45, 7) is 0.298. The Bertz CT molecular complexity index is 2690. The molecule has 0 saturated heterocycles. The highest BCUT2D eigenvalue weighted by molar-refractivity contribution is 7.71. The second-order valence-electron chi connectivity index (χ2n) is 12.5. The van der Waals surface area contributed by atoms with Crippen molar-refractivity contribution in [3.63, 3.8) is 0 Å². The van der Waals surface area contributed by atoms with E-state index in [2.05, 4.69) is 46.8 Å². The molecule has 20 nitrogen and oxygen atoms in total. The Morgan fingerprint density at radius 3 is 1.59 bits per heavy atom. The highest BCUT2D eigenvalue weighted by atomic mass is 32.1. The molecule has 8 aromatic rings. The summed E-state index contributed by atoms with van der Waals surface area (Å²) >= 11 is 9.60. The summed E-state index contributed by atoms with van der Waals surface area (Å²) in [6, 6.07) is 17.7. The summed E-state index contributed by atoms with van der Waals surface area (Å²) in [7, 11) is 3.12. The van der Waals surface area contributed by atoms with Crippen LogP contribution in [0.4, 0.5) is 0 Å². The fourth-order valence-corrected chi connectivity index (χ4v) is 5.95. The van der Waals surface area contributed by atoms with E-state index < -0.39 is 0 Å². The lowest BCUT2D eigenvalue weighted by molar-refractivity contribution is -0.0465. The van der Waals surface area contributed by atoms with Gasteiger partial charge in [-0.2, -0.15) is 9.97 Å². The van der Waals surface area contributed by atoms with E-state index in [0.717, 1.165) is 80.5 Å². The van der Waals surface area contributed by atoms with Crippen LogP contribution in [0.1, 0.15) is 34.8 Å². The highest BCUT2D eigenvalue weighted by Crippen LogP contribution is 2.18. The Kier molecular flexibility index (Phi) is 14.1. The van der Waals surface area contributed by atoms with Crippen LogP contribution in [0.15, 0.2) is 87.4 Å². The molecular weight excluding hydrogens is 793 g/mol. The number of oxime groups is 1. The Hall–Kier alpha value is -6.62. The third-order valence-corrected chi connectivity index (χ3v) is 8.81. The minimum atomic E-state index is 0.141. The van der Waals surface area contributed by atoms with Crippen molar-refractivity contribution in [2.45, 2.75) is 38.5 Å². The van der Waals surface area contributed by atoms with Crippen molar-refractivity contribution in [3.8, 4) is 0 Å². The van der Waals surface area contributed by atoms with Crippen LogP contribution in [0.25, 0.3) is 32.7 Å². The van der Waals surface area contributed by atoms with Crippen molar-refractivity contribution in [2.24, 2.45) is 10.9 Å². The smallest absolute Gasteiger partial charge is 0.314 e. The van der Waals surface area contributed by atoms with Gasteiger partial charge in [-0.3, -0.25) is 0 Å². The van der Waals surface area contributed by atoms with E-state index in [9.17, 15) is 5.21 Å². The van der Waals surface area contributed by atoms with Crippen molar-refractivity contribution in [2.75, 3.05) is 27.8 Å². The van der Waals surface area contributed by atoms with E-state index in [1.807, 2.05) is 48.5 Å². The number of fused-ring (bicyclic) bond motifs is 3. The number of nitrogens with two attached hydrogens (primary N) is 1. The Labute approximate surface area is 339 Å². The molecule has 0 spiro atoms. The van der Waals surface area contributed by atoms with Gasteiger partial charge in [0.05, 0.1) is 18.6 Å². The molecule has 5 heterocycles. The topological polar surface area (TPSA) is 253 Å². The standard InChI is InChI=1S/C13H14N4O3S.C12H16N4O3.C11H10N4O2S/c1-18-8-19-17-11-4-2-9(6-10(11)7-14-17)3-5-12-15-13(21)20-16-12;1-18-8-19-16-11-4-2-9(3-5-12(13)15-17)6-10(11)7-14-16;16-15-9-3-1-7(5-8(9)6-12-15)2-4-10-13-11(18)17-14-10/h2,4,6-7H,3,5,8H2,1H3,(H,15,16,21);2,4,6-7,17H,3,5,8H2,1H3,(H2,13,15);1,3,5-6,16H,2,4H2,(H,13,14,18). The van der Waals surface area contributed by atoms with E-state index in [-0.39, 0.29) is 29.1 Å². The van der Waals surface area contributed by atoms with Gasteiger partial charge in [-0.15, -0.1) is 20.1 Å². The first-order valence-corrected chi connectivity index (χ1v) is 18.4. The summed E-state index contributed by atoms with van der Waals surface area (Å²) in [4.78, 5) is 22.9. The molecule has 58 heavy (non-hydrogen) atoms. The minimum Gasteiger partial charge on any atom is -0.411 e. The van der Waals surface area contributed by atoms with Crippen LogP contribution in [-0.4, -0.2) is 94.2 Å². The Morgan fingerprint density at radius 1 is 0.690 bits per heavy atom. The predicted molar refractivity (Wildman–Crippen MR) is 213 cm³/mol. The van der Waals surface area contributed by atoms with Gasteiger partial charge in [-0.1, -0.05) is 33.0 Å². The first kappa shape index (κ1) is 41.0. The highest BCUT2D eigenvalue weighted by Gasteiger charge is 2.08. The summed E-state index contributed by atoms with van der Waals surface area (Å²) in [5, 5.41) is 41.1. The maximum absolute atomic E-state index is 9.38. The molecule has 6 N–H and O–H groups in total. The van der Waals surface area contributed by atoms with Gasteiger partial charge in [-0.25, -0.2) is 10.3 Å². The zero-order valence-electron chi connectivity index (χ0n) is 31.3. The average Bonchev–Trinajstić information content (AvgIpc) is 4.10. The molecule has 0 fully saturated rings. The largest absolute Gasteiger partial charge is 0.411 e. The van der Waals surface area contributed by atoms with Crippen molar-refractivity contribution in [1.29, 1.82) is 0 Å². The molecule has 5 aromatic heterocycles. The zero-order chi connectivity index (χ0) is 40.9. The molecule has 8 rings (SSSR count). The maximum atomic E-state index is 9.38. The van der Waals surface area contributed by atoms with E-state index in [1.165, 1.54) is 15.3 Å². The summed E-state index contributed by atoms with van der Waals surface area (Å²) in [6.07, 6.45) is 9.42. The second kappa shape index (κ2) is 20.0. The molecule has 0 aliphatic carbocycles. The molecule has 0 unspecified atom stereocenters. The first-order chi connectivity index (χ1) is 28.2. The number of nitrogens with zero attached hydrogens (tertiary/aromatic N) is 9. The van der Waals surface area contributed by atoms with Crippen molar-refractivity contribution in [1.82, 2.24) is 50.1 Å². The lowest BCUT2D eigenvalue weighted by Crippen LogP contribution is -2.15. The number of methoxy groups -OCH3 is 2. The summed E-state index contributed by atoms with van der Waals surface area (Å²) in [5.41, 5.74) is 11.3. The van der Waals surface area contributed by atoms with Crippen LogP contribution in [-0.2, 0) is 41.6 Å². The lowest BCUT2D eigenvalue weighted by atomic mass is 10.1. The number of aromatic nitrogens is 10. The van der Waals surface area contributed by atoms with Gasteiger partial charge in [0, 0.05) is 49.6 Å². The molecule has 0 aliphatic rings. The number of aromatic amines is 2. The predicted octanol–water partition coefficient (Wildman–Crippen LogP) is 4.75. The number of amidine groups is 1. The number of hydrogen-bond donors (Lipinski definition) is 5. The van der Waals surface area contributed by atoms with Gasteiger partial charge in [0.25, 0.3) is 0 Å². The summed E-state index contributed by atoms with van der Waals surface area (Å²) in [5.74, 6) is 1.70. The third-order valence-electron chi connectivity index (χ3n) is 8.46. The second-order valence-corrected chi connectivity index (χ2v) is 13.2. The van der Waals surface area contributed by atoms with E-state index in [4.69, 9.17) is 63.6 Å². The van der Waals surface area contributed by atoms with Crippen LogP contribution in [0.3, 0.4) is 0 Å². The number of ether oxygens (including phenoxy) is 2. The summed E-state index contributed by atoms with van der Waals surface area (Å²) < 4.78 is 19.5. The van der Waals surface area contributed by atoms with Gasteiger partial charge >= 0.3 is 9.67 Å². The van der Waals surface area contributed by atoms with Gasteiger partial charge < -0.3 is 44.3 Å². The van der Waals surface area contributed by atoms with Crippen molar-refractivity contribution < 1.29 is 38.6 Å². The van der Waals surface area contributed by atoms with Crippen LogP contribution in [0.2, 0.25) is 0 Å². The molecule has 0 radical (unpaired) electrons. The molecule has 0 amide bonds. The third kappa shape index (κ3) is 11.0. The average molecular weight is 833 g/mol. The maximum Gasteiger partial charge on any atom is 0.314 e. The number of aryl methyl sites for hydroxylation is 5. The Morgan fingerprint density at radius 2 is 1.14 bits per heavy atom. The minimum absolute atomic E-state index is 0.141. The fraction of sp³-hybridized carbons (Fsp3) is 0.278.